The summed E-state index contributed by atoms with van der Waals surface area (Å²) in [5, 5.41) is 2.05. The quantitative estimate of drug-likeness (QED) is 0.681. The molecular weight excluding hydrogens is 180 g/mol. The molecule has 0 unspecified atom stereocenters. The molecule has 0 spiro atoms. The van der Waals surface area contributed by atoms with Crippen LogP contribution in [0.4, 0.5) is 0 Å². The topological polar surface area (TPSA) is 17.3 Å². The molecule has 0 aliphatic carbocycles. The molecular formula is C10H18N2S. The molecule has 0 amide bonds. The third kappa shape index (κ3) is 2.10. The van der Waals surface area contributed by atoms with Crippen molar-refractivity contribution in [2.24, 2.45) is 0 Å². The number of hydrogen-bond donors (Lipinski definition) is 0. The van der Waals surface area contributed by atoms with Gasteiger partial charge in [-0.05, 0) is 5.92 Å². The maximum absolute atomic E-state index is 4.45. The van der Waals surface area contributed by atoms with Crippen molar-refractivity contribution < 1.29 is 0 Å². The van der Waals surface area contributed by atoms with E-state index in [1.54, 1.807) is 11.3 Å². The molecule has 0 saturated carbocycles. The van der Waals surface area contributed by atoms with Crippen LogP contribution < -0.4 is 0 Å². The first-order valence-corrected chi connectivity index (χ1v) is 4.57. The van der Waals surface area contributed by atoms with Crippen LogP contribution in [0.1, 0.15) is 40.3 Å². The highest BCUT2D eigenvalue weighted by atomic mass is 32.1. The zero-order valence-corrected chi connectivity index (χ0v) is 7.43. The van der Waals surface area contributed by atoms with Crippen LogP contribution >= 0.6 is 11.3 Å². The Morgan fingerprint density at radius 2 is 2.08 bits per heavy atom. The van der Waals surface area contributed by atoms with Crippen molar-refractivity contribution in [3.63, 3.8) is 0 Å². The van der Waals surface area contributed by atoms with Gasteiger partial charge in [0.15, 0.2) is 4.96 Å². The van der Waals surface area contributed by atoms with E-state index in [1.165, 1.54) is 5.69 Å². The van der Waals surface area contributed by atoms with Crippen LogP contribution in [-0.2, 0) is 0 Å². The van der Waals surface area contributed by atoms with E-state index in [2.05, 4.69) is 29.4 Å². The van der Waals surface area contributed by atoms with Crippen LogP contribution in [-0.4, -0.2) is 9.38 Å². The van der Waals surface area contributed by atoms with Gasteiger partial charge < -0.3 is 0 Å². The van der Waals surface area contributed by atoms with Crippen molar-refractivity contribution in [2.75, 3.05) is 0 Å². The van der Waals surface area contributed by atoms with E-state index < -0.39 is 0 Å². The highest BCUT2D eigenvalue weighted by Gasteiger charge is 2.04. The number of aromatic nitrogens is 2. The van der Waals surface area contributed by atoms with Crippen LogP contribution in [0, 0.1) is 0 Å². The zero-order valence-electron chi connectivity index (χ0n) is 6.61. The van der Waals surface area contributed by atoms with Crippen molar-refractivity contribution in [1.29, 1.82) is 0 Å². The Bertz CT molecular complexity index is 331. The fraction of sp³-hybridized carbons (Fsp3) is 0.500. The molecule has 2 aromatic heterocycles. The maximum atomic E-state index is 4.45. The molecule has 0 aromatic carbocycles. The average molecular weight is 198 g/mol. The average Bonchev–Trinajstić information content (AvgIpc) is 2.40. The Morgan fingerprint density at radius 3 is 2.62 bits per heavy atom. The van der Waals surface area contributed by atoms with E-state index in [4.69, 9.17) is 0 Å². The Morgan fingerprint density at radius 1 is 1.38 bits per heavy atom. The smallest absolute Gasteiger partial charge is 0.193 e. The number of fused-ring (bicyclic) bond motifs is 1. The first-order valence-electron chi connectivity index (χ1n) is 3.69. The largest absolute Gasteiger partial charge is 0.297 e. The second kappa shape index (κ2) is 4.42. The first kappa shape index (κ1) is 12.2. The molecule has 0 fully saturated rings. The van der Waals surface area contributed by atoms with Crippen LogP contribution in [0.15, 0.2) is 17.8 Å². The Hall–Kier alpha value is -0.830. The van der Waals surface area contributed by atoms with Gasteiger partial charge >= 0.3 is 0 Å². The molecule has 0 aliphatic heterocycles. The monoisotopic (exact) mass is 198 g/mol. The minimum absolute atomic E-state index is 0. The normalized spacial score (nSPS) is 9.77. The molecule has 2 heterocycles. The second-order valence-electron chi connectivity index (χ2n) is 2.91. The number of imidazole rings is 1. The van der Waals surface area contributed by atoms with E-state index >= 15 is 0 Å². The summed E-state index contributed by atoms with van der Waals surface area (Å²) >= 11 is 1.68. The van der Waals surface area contributed by atoms with Gasteiger partial charge in [0.05, 0.1) is 5.69 Å². The molecule has 74 valence electrons. The minimum atomic E-state index is 0. The van der Waals surface area contributed by atoms with Gasteiger partial charge in [0, 0.05) is 17.8 Å². The SMILES string of the molecule is C.C.CC(C)c1cn2ccsc2n1. The summed E-state index contributed by atoms with van der Waals surface area (Å²) in [7, 11) is 0. The Kier molecular flexibility index (Phi) is 4.14. The molecule has 2 rings (SSSR count). The highest BCUT2D eigenvalue weighted by molar-refractivity contribution is 7.15. The van der Waals surface area contributed by atoms with E-state index in [0.717, 1.165) is 4.96 Å². The van der Waals surface area contributed by atoms with Gasteiger partial charge in [-0.15, -0.1) is 11.3 Å². The van der Waals surface area contributed by atoms with Crippen molar-refractivity contribution >= 4 is 16.3 Å². The van der Waals surface area contributed by atoms with E-state index in [-0.39, 0.29) is 14.9 Å². The minimum Gasteiger partial charge on any atom is -0.297 e. The summed E-state index contributed by atoms with van der Waals surface area (Å²) in [6, 6.07) is 0. The Balaban J connectivity index is 0.000000720. The van der Waals surface area contributed by atoms with Crippen LogP contribution in [0.2, 0.25) is 0 Å². The molecule has 3 heteroatoms. The third-order valence-electron chi connectivity index (χ3n) is 1.70. The molecule has 0 N–H and O–H groups in total. The summed E-state index contributed by atoms with van der Waals surface area (Å²) in [6.45, 7) is 4.32. The van der Waals surface area contributed by atoms with Gasteiger partial charge in [0.2, 0.25) is 0 Å². The predicted molar refractivity (Wildman–Crippen MR) is 60.6 cm³/mol. The number of rotatable bonds is 1. The lowest BCUT2D eigenvalue weighted by molar-refractivity contribution is 0.834. The maximum Gasteiger partial charge on any atom is 0.193 e. The van der Waals surface area contributed by atoms with Gasteiger partial charge in [-0.3, -0.25) is 4.40 Å². The first-order chi connectivity index (χ1) is 5.27. The van der Waals surface area contributed by atoms with Crippen molar-refractivity contribution in [1.82, 2.24) is 9.38 Å². The predicted octanol–water partition coefficient (Wildman–Crippen LogP) is 3.79. The summed E-state index contributed by atoms with van der Waals surface area (Å²) in [4.78, 5) is 5.55. The standard InChI is InChI=1S/C8H10N2S.2CH4/c1-6(2)7-5-10-3-4-11-8(10)9-7;;/h3-6H,1-2H3;2*1H4. The second-order valence-corrected chi connectivity index (χ2v) is 3.79. The van der Waals surface area contributed by atoms with Crippen LogP contribution in [0.5, 0.6) is 0 Å². The molecule has 13 heavy (non-hydrogen) atoms. The van der Waals surface area contributed by atoms with Crippen LogP contribution in [0.3, 0.4) is 0 Å². The van der Waals surface area contributed by atoms with Crippen LogP contribution in [0.25, 0.3) is 4.96 Å². The van der Waals surface area contributed by atoms with Crippen molar-refractivity contribution in [2.45, 2.75) is 34.6 Å². The summed E-state index contributed by atoms with van der Waals surface area (Å²) in [5.41, 5.74) is 1.18. The number of hydrogen-bond acceptors (Lipinski definition) is 2. The van der Waals surface area contributed by atoms with Gasteiger partial charge in [-0.25, -0.2) is 4.98 Å². The lowest BCUT2D eigenvalue weighted by atomic mass is 10.2. The van der Waals surface area contributed by atoms with Gasteiger partial charge in [0.25, 0.3) is 0 Å². The molecule has 0 aliphatic rings. The number of thiazole rings is 1. The highest BCUT2D eigenvalue weighted by Crippen LogP contribution is 2.17. The van der Waals surface area contributed by atoms with Gasteiger partial charge in [-0.2, -0.15) is 0 Å². The fourth-order valence-electron chi connectivity index (χ4n) is 1.02. The summed E-state index contributed by atoms with van der Waals surface area (Å²) < 4.78 is 2.07. The molecule has 2 aromatic rings. The zero-order chi connectivity index (χ0) is 7.84. The molecule has 0 bridgehead atoms. The van der Waals surface area contributed by atoms with Gasteiger partial charge in [-0.1, -0.05) is 28.7 Å². The lowest BCUT2D eigenvalue weighted by Gasteiger charge is -1.94. The number of nitrogens with zero attached hydrogens (tertiary/aromatic N) is 2. The summed E-state index contributed by atoms with van der Waals surface area (Å²) in [6.07, 6.45) is 4.13. The summed E-state index contributed by atoms with van der Waals surface area (Å²) in [5.74, 6) is 0.530. The van der Waals surface area contributed by atoms with Gasteiger partial charge in [0.1, 0.15) is 0 Å². The molecule has 0 saturated heterocycles. The van der Waals surface area contributed by atoms with Crippen molar-refractivity contribution in [3.05, 3.63) is 23.5 Å². The van der Waals surface area contributed by atoms with E-state index in [0.29, 0.717) is 5.92 Å². The fourth-order valence-corrected chi connectivity index (χ4v) is 1.73. The molecule has 2 nitrogen and oxygen atoms in total. The third-order valence-corrected chi connectivity index (χ3v) is 2.47. The Labute approximate surface area is 84.2 Å². The molecule has 0 radical (unpaired) electrons. The van der Waals surface area contributed by atoms with Crippen molar-refractivity contribution in [3.8, 4) is 0 Å². The van der Waals surface area contributed by atoms with E-state index in [1.807, 2.05) is 11.6 Å². The lowest BCUT2D eigenvalue weighted by Crippen LogP contribution is -1.84. The molecule has 0 atom stereocenters. The van der Waals surface area contributed by atoms with E-state index in [9.17, 15) is 0 Å².